The van der Waals surface area contributed by atoms with Gasteiger partial charge in [-0.05, 0) is 35.3 Å². The first-order valence-electron chi connectivity index (χ1n) is 6.19. The van der Waals surface area contributed by atoms with Crippen molar-refractivity contribution in [1.82, 2.24) is 0 Å². The van der Waals surface area contributed by atoms with Gasteiger partial charge in [0.05, 0.1) is 12.2 Å². The highest BCUT2D eigenvalue weighted by molar-refractivity contribution is 6.67. The zero-order chi connectivity index (χ0) is 13.2. The molecule has 19 heavy (non-hydrogen) atoms. The summed E-state index contributed by atoms with van der Waals surface area (Å²) in [6.45, 7) is 2.81. The highest BCUT2D eigenvalue weighted by Gasteiger charge is 2.23. The summed E-state index contributed by atoms with van der Waals surface area (Å²) in [7, 11) is 0. The fourth-order valence-corrected chi connectivity index (χ4v) is 2.25. The quantitative estimate of drug-likeness (QED) is 0.768. The Morgan fingerprint density at radius 1 is 1.26 bits per heavy atom. The molecular weight excluding hydrogens is 237 g/mol. The average molecular weight is 249 g/mol. The fraction of sp³-hybridized carbons (Fsp3) is 0.133. The van der Waals surface area contributed by atoms with Gasteiger partial charge in [0.15, 0.2) is 0 Å². The van der Waals surface area contributed by atoms with Gasteiger partial charge in [-0.15, -0.1) is 0 Å². The zero-order valence-electron chi connectivity index (χ0n) is 10.6. The summed E-state index contributed by atoms with van der Waals surface area (Å²) in [5.74, 6) is 1.32. The molecule has 0 spiro atoms. The van der Waals surface area contributed by atoms with Crippen LogP contribution in [-0.4, -0.2) is 6.92 Å². The van der Waals surface area contributed by atoms with Gasteiger partial charge >= 0.3 is 6.92 Å². The molecule has 1 aliphatic heterocycles. The van der Waals surface area contributed by atoms with Gasteiger partial charge in [-0.2, -0.15) is 5.26 Å². The molecule has 4 heteroatoms. The molecule has 0 bridgehead atoms. The highest BCUT2D eigenvalue weighted by atomic mass is 16.5. The lowest BCUT2D eigenvalue weighted by Crippen LogP contribution is -2.23. The Hall–Kier alpha value is -2.25. The molecule has 3 nitrogen and oxygen atoms in total. The molecule has 2 aromatic rings. The highest BCUT2D eigenvalue weighted by Crippen LogP contribution is 2.26. The number of fused-ring (bicyclic) bond motifs is 1. The van der Waals surface area contributed by atoms with E-state index >= 15 is 0 Å². The summed E-state index contributed by atoms with van der Waals surface area (Å²) >= 11 is 0. The van der Waals surface area contributed by atoms with Gasteiger partial charge in [-0.1, -0.05) is 25.0 Å². The second-order valence-corrected chi connectivity index (χ2v) is 4.52. The van der Waals surface area contributed by atoms with Gasteiger partial charge in [0.25, 0.3) is 0 Å². The second-order valence-electron chi connectivity index (χ2n) is 4.52. The predicted octanol–water partition coefficient (Wildman–Crippen LogP) is 2.71. The van der Waals surface area contributed by atoms with Crippen LogP contribution in [0.3, 0.4) is 0 Å². The Balaban J connectivity index is 1.91. The third kappa shape index (κ3) is 2.21. The zero-order valence-corrected chi connectivity index (χ0v) is 10.6. The minimum atomic E-state index is 0.149. The number of hydrogen-bond donors (Lipinski definition) is 0. The van der Waals surface area contributed by atoms with Gasteiger partial charge in [0, 0.05) is 0 Å². The van der Waals surface area contributed by atoms with E-state index < -0.39 is 0 Å². The smallest absolute Gasteiger partial charge is 0.324 e. The van der Waals surface area contributed by atoms with Crippen molar-refractivity contribution in [2.75, 3.05) is 0 Å². The molecule has 0 atom stereocenters. The SMILES string of the molecule is CB1OCc2cc(Oc3ccccc3C#N)ccc21. The monoisotopic (exact) mass is 249 g/mol. The van der Waals surface area contributed by atoms with Crippen LogP contribution >= 0.6 is 0 Å². The molecule has 1 aliphatic rings. The van der Waals surface area contributed by atoms with Crippen molar-refractivity contribution in [3.63, 3.8) is 0 Å². The van der Waals surface area contributed by atoms with Crippen LogP contribution < -0.4 is 10.2 Å². The fourth-order valence-electron chi connectivity index (χ4n) is 2.25. The summed E-state index contributed by atoms with van der Waals surface area (Å²) in [5.41, 5.74) is 2.90. The Morgan fingerprint density at radius 2 is 2.11 bits per heavy atom. The minimum Gasteiger partial charge on any atom is -0.456 e. The molecule has 2 aromatic carbocycles. The van der Waals surface area contributed by atoms with Crippen molar-refractivity contribution in [3.8, 4) is 17.6 Å². The second kappa shape index (κ2) is 4.79. The largest absolute Gasteiger partial charge is 0.456 e. The van der Waals surface area contributed by atoms with E-state index in [1.54, 1.807) is 12.1 Å². The number of rotatable bonds is 2. The number of para-hydroxylation sites is 1. The van der Waals surface area contributed by atoms with Crippen LogP contribution in [0.5, 0.6) is 11.5 Å². The van der Waals surface area contributed by atoms with Crippen LogP contribution in [0, 0.1) is 11.3 Å². The lowest BCUT2D eigenvalue weighted by Gasteiger charge is -2.08. The number of nitrogens with zero attached hydrogens (tertiary/aromatic N) is 1. The van der Waals surface area contributed by atoms with Crippen LogP contribution in [0.2, 0.25) is 6.82 Å². The van der Waals surface area contributed by atoms with E-state index in [0.717, 1.165) is 11.3 Å². The lowest BCUT2D eigenvalue weighted by atomic mass is 9.64. The first-order chi connectivity index (χ1) is 9.28. The Bertz CT molecular complexity index is 663. The summed E-state index contributed by atoms with van der Waals surface area (Å²) < 4.78 is 11.3. The van der Waals surface area contributed by atoms with Gasteiger partial charge in [-0.25, -0.2) is 0 Å². The van der Waals surface area contributed by atoms with Crippen molar-refractivity contribution < 1.29 is 9.39 Å². The third-order valence-corrected chi connectivity index (χ3v) is 3.28. The van der Waals surface area contributed by atoms with Crippen LogP contribution in [0.15, 0.2) is 42.5 Å². The van der Waals surface area contributed by atoms with Crippen LogP contribution in [0.1, 0.15) is 11.1 Å². The van der Waals surface area contributed by atoms with Crippen molar-refractivity contribution in [3.05, 3.63) is 53.6 Å². The van der Waals surface area contributed by atoms with E-state index in [1.807, 2.05) is 37.2 Å². The molecule has 0 saturated heterocycles. The molecule has 92 valence electrons. The van der Waals surface area contributed by atoms with Crippen molar-refractivity contribution in [2.45, 2.75) is 13.4 Å². The topological polar surface area (TPSA) is 42.2 Å². The summed E-state index contributed by atoms with van der Waals surface area (Å²) in [5, 5.41) is 9.04. The predicted molar refractivity (Wildman–Crippen MR) is 73.7 cm³/mol. The van der Waals surface area contributed by atoms with Gasteiger partial charge in [0.2, 0.25) is 0 Å². The first kappa shape index (κ1) is 11.8. The van der Waals surface area contributed by atoms with Crippen molar-refractivity contribution in [1.29, 1.82) is 5.26 Å². The van der Waals surface area contributed by atoms with Gasteiger partial charge in [-0.3, -0.25) is 0 Å². The Kier molecular flexibility index (Phi) is 2.98. The molecule has 3 rings (SSSR count). The normalized spacial score (nSPS) is 12.9. The molecule has 1 heterocycles. The van der Waals surface area contributed by atoms with Gasteiger partial charge < -0.3 is 9.39 Å². The standard InChI is InChI=1S/C15H12BNO2/c1-16-14-7-6-13(8-12(14)10-18-16)19-15-5-3-2-4-11(15)9-17/h2-8H,10H2,1H3. The van der Waals surface area contributed by atoms with E-state index in [1.165, 1.54) is 5.46 Å². The molecule has 0 saturated carbocycles. The minimum absolute atomic E-state index is 0.149. The van der Waals surface area contributed by atoms with E-state index in [4.69, 9.17) is 14.7 Å². The summed E-state index contributed by atoms with van der Waals surface area (Å²) in [6, 6.07) is 15.3. The van der Waals surface area contributed by atoms with Crippen molar-refractivity contribution >= 4 is 12.4 Å². The lowest BCUT2D eigenvalue weighted by molar-refractivity contribution is 0.333. The maximum atomic E-state index is 9.04. The number of hydrogen-bond acceptors (Lipinski definition) is 3. The molecule has 0 unspecified atom stereocenters. The molecule has 0 fully saturated rings. The molecule has 0 N–H and O–H groups in total. The third-order valence-electron chi connectivity index (χ3n) is 3.28. The molecule has 0 aliphatic carbocycles. The maximum absolute atomic E-state index is 9.04. The van der Waals surface area contributed by atoms with Crippen LogP contribution in [-0.2, 0) is 11.3 Å². The molecule has 0 aromatic heterocycles. The van der Waals surface area contributed by atoms with E-state index in [2.05, 4.69) is 6.07 Å². The van der Waals surface area contributed by atoms with Crippen molar-refractivity contribution in [2.24, 2.45) is 0 Å². The Morgan fingerprint density at radius 3 is 2.95 bits per heavy atom. The number of ether oxygens (including phenoxy) is 1. The molecule has 0 radical (unpaired) electrons. The number of nitriles is 1. The first-order valence-corrected chi connectivity index (χ1v) is 6.19. The average Bonchev–Trinajstić information content (AvgIpc) is 2.81. The summed E-state index contributed by atoms with van der Waals surface area (Å²) in [6.07, 6.45) is 0. The number of benzene rings is 2. The van der Waals surface area contributed by atoms with E-state index in [9.17, 15) is 0 Å². The molecular formula is C15H12BNO2. The van der Waals surface area contributed by atoms with Crippen LogP contribution in [0.4, 0.5) is 0 Å². The van der Waals surface area contributed by atoms with Gasteiger partial charge in [0.1, 0.15) is 17.6 Å². The van der Waals surface area contributed by atoms with E-state index in [-0.39, 0.29) is 6.92 Å². The Labute approximate surface area is 112 Å². The van der Waals surface area contributed by atoms with E-state index in [0.29, 0.717) is 17.9 Å². The summed E-state index contributed by atoms with van der Waals surface area (Å²) in [4.78, 5) is 0. The molecule has 0 amide bonds. The van der Waals surface area contributed by atoms with Crippen LogP contribution in [0.25, 0.3) is 0 Å². The maximum Gasteiger partial charge on any atom is 0.324 e.